The van der Waals surface area contributed by atoms with Crippen molar-refractivity contribution in [2.45, 2.75) is 73.8 Å². The molecule has 140 valence electrons. The Labute approximate surface area is 153 Å². The van der Waals surface area contributed by atoms with Gasteiger partial charge < -0.3 is 10.4 Å². The summed E-state index contributed by atoms with van der Waals surface area (Å²) >= 11 is 0. The van der Waals surface area contributed by atoms with Gasteiger partial charge in [0.25, 0.3) is 0 Å². The third-order valence-corrected chi connectivity index (χ3v) is 4.74. The van der Waals surface area contributed by atoms with Crippen LogP contribution in [0.25, 0.3) is 0 Å². The minimum Gasteiger partial charge on any atom is -0.508 e. The lowest BCUT2D eigenvalue weighted by atomic mass is 9.78. The highest BCUT2D eigenvalue weighted by Crippen LogP contribution is 2.37. The first-order valence-corrected chi connectivity index (χ1v) is 9.18. The number of amides is 1. The Hall–Kier alpha value is -1.77. The maximum Gasteiger partial charge on any atom is 0.217 e. The molecule has 0 spiro atoms. The number of carbonyl (C=O) groups is 1. The molecule has 0 bridgehead atoms. The van der Waals surface area contributed by atoms with Gasteiger partial charge in [-0.05, 0) is 60.8 Å². The predicted molar refractivity (Wildman–Crippen MR) is 106 cm³/mol. The van der Waals surface area contributed by atoms with E-state index in [2.05, 4.69) is 46.0 Å². The number of phenols is 1. The molecule has 2 N–H and O–H groups in total. The molecule has 0 radical (unpaired) electrons. The molecular weight excluding hydrogens is 310 g/mol. The zero-order chi connectivity index (χ0) is 19.4. The molecule has 0 saturated carbocycles. The van der Waals surface area contributed by atoms with E-state index in [-0.39, 0.29) is 17.2 Å². The largest absolute Gasteiger partial charge is 0.508 e. The van der Waals surface area contributed by atoms with E-state index in [1.807, 2.05) is 26.0 Å². The van der Waals surface area contributed by atoms with Crippen LogP contribution < -0.4 is 5.32 Å². The van der Waals surface area contributed by atoms with Gasteiger partial charge in [-0.2, -0.15) is 0 Å². The third-order valence-electron chi connectivity index (χ3n) is 4.74. The number of rotatable bonds is 6. The number of hydrogen-bond donors (Lipinski definition) is 2. The SMILES string of the molecule is C/C=C(/C(C)C)[C@@](C)(NC(C)=O)c1ccc(CCC(C)(C)C)c(O)c1. The zero-order valence-electron chi connectivity index (χ0n) is 17.2. The molecule has 0 unspecified atom stereocenters. The molecule has 0 aliphatic rings. The van der Waals surface area contributed by atoms with E-state index >= 15 is 0 Å². The second kappa shape index (κ2) is 8.07. The highest BCUT2D eigenvalue weighted by molar-refractivity contribution is 5.75. The van der Waals surface area contributed by atoms with Gasteiger partial charge in [-0.3, -0.25) is 4.79 Å². The smallest absolute Gasteiger partial charge is 0.217 e. The number of hydrogen-bond acceptors (Lipinski definition) is 2. The van der Waals surface area contributed by atoms with Crippen LogP contribution in [0.5, 0.6) is 5.75 Å². The van der Waals surface area contributed by atoms with Gasteiger partial charge in [-0.1, -0.05) is 52.8 Å². The molecule has 0 heterocycles. The number of allylic oxidation sites excluding steroid dienone is 1. The topological polar surface area (TPSA) is 49.3 Å². The average molecular weight is 346 g/mol. The molecule has 0 aliphatic carbocycles. The van der Waals surface area contributed by atoms with Crippen LogP contribution >= 0.6 is 0 Å². The van der Waals surface area contributed by atoms with Gasteiger partial charge in [0.1, 0.15) is 5.75 Å². The Bertz CT molecular complexity index is 638. The first kappa shape index (κ1) is 21.3. The molecule has 1 amide bonds. The first-order valence-electron chi connectivity index (χ1n) is 9.18. The van der Waals surface area contributed by atoms with Crippen molar-refractivity contribution < 1.29 is 9.90 Å². The van der Waals surface area contributed by atoms with Crippen LogP contribution in [0.3, 0.4) is 0 Å². The number of carbonyl (C=O) groups excluding carboxylic acids is 1. The Morgan fingerprint density at radius 2 is 1.84 bits per heavy atom. The lowest BCUT2D eigenvalue weighted by molar-refractivity contribution is -0.120. The summed E-state index contributed by atoms with van der Waals surface area (Å²) < 4.78 is 0. The van der Waals surface area contributed by atoms with E-state index in [0.717, 1.165) is 29.5 Å². The lowest BCUT2D eigenvalue weighted by Gasteiger charge is -2.36. The van der Waals surface area contributed by atoms with Crippen molar-refractivity contribution in [1.82, 2.24) is 5.32 Å². The summed E-state index contributed by atoms with van der Waals surface area (Å²) in [7, 11) is 0. The summed E-state index contributed by atoms with van der Waals surface area (Å²) in [5, 5.41) is 13.6. The summed E-state index contributed by atoms with van der Waals surface area (Å²) in [6.45, 7) is 16.4. The molecule has 1 aromatic rings. The fourth-order valence-electron chi connectivity index (χ4n) is 3.46. The first-order chi connectivity index (χ1) is 11.4. The van der Waals surface area contributed by atoms with E-state index in [4.69, 9.17) is 0 Å². The van der Waals surface area contributed by atoms with Crippen molar-refractivity contribution in [2.75, 3.05) is 0 Å². The highest BCUT2D eigenvalue weighted by Gasteiger charge is 2.33. The monoisotopic (exact) mass is 345 g/mol. The molecule has 0 saturated heterocycles. The van der Waals surface area contributed by atoms with Crippen LogP contribution in [0, 0.1) is 11.3 Å². The van der Waals surface area contributed by atoms with Crippen molar-refractivity contribution in [3.63, 3.8) is 0 Å². The van der Waals surface area contributed by atoms with Gasteiger partial charge in [0, 0.05) is 6.92 Å². The minimum atomic E-state index is -0.630. The van der Waals surface area contributed by atoms with Crippen molar-refractivity contribution in [2.24, 2.45) is 11.3 Å². The third kappa shape index (κ3) is 5.62. The second-order valence-corrected chi connectivity index (χ2v) is 8.61. The van der Waals surface area contributed by atoms with Crippen molar-refractivity contribution in [3.8, 4) is 5.75 Å². The summed E-state index contributed by atoms with van der Waals surface area (Å²) in [6.07, 6.45) is 3.91. The van der Waals surface area contributed by atoms with Gasteiger partial charge >= 0.3 is 0 Å². The molecule has 1 aromatic carbocycles. The predicted octanol–water partition coefficient (Wildman–Crippen LogP) is 5.32. The van der Waals surface area contributed by atoms with Crippen LogP contribution in [0.2, 0.25) is 0 Å². The maximum absolute atomic E-state index is 11.8. The molecule has 1 atom stereocenters. The zero-order valence-corrected chi connectivity index (χ0v) is 17.2. The number of phenolic OH excluding ortho intramolecular Hbond substituents is 1. The summed E-state index contributed by atoms with van der Waals surface area (Å²) in [5.41, 5.74) is 2.59. The molecule has 1 rings (SSSR count). The summed E-state index contributed by atoms with van der Waals surface area (Å²) in [4.78, 5) is 11.8. The van der Waals surface area contributed by atoms with Crippen LogP contribution in [-0.2, 0) is 16.8 Å². The number of benzene rings is 1. The van der Waals surface area contributed by atoms with Crippen molar-refractivity contribution in [3.05, 3.63) is 41.0 Å². The standard InChI is InChI=1S/C22H35NO2/c1-9-19(15(2)3)22(8,23-16(4)24)18-11-10-17(20(25)14-18)12-13-21(5,6)7/h9-11,14-15,25H,12-13H2,1-8H3,(H,23,24)/b19-9-/t22-/m0/s1. The van der Waals surface area contributed by atoms with Crippen LogP contribution in [0.15, 0.2) is 29.8 Å². The molecular formula is C22H35NO2. The minimum absolute atomic E-state index is 0.0844. The van der Waals surface area contributed by atoms with E-state index < -0.39 is 5.54 Å². The molecule has 0 fully saturated rings. The number of nitrogens with one attached hydrogen (secondary N) is 1. The molecule has 0 aromatic heterocycles. The molecule has 0 aliphatic heterocycles. The maximum atomic E-state index is 11.8. The van der Waals surface area contributed by atoms with Crippen LogP contribution in [0.4, 0.5) is 0 Å². The van der Waals surface area contributed by atoms with Gasteiger partial charge in [0.2, 0.25) is 5.91 Å². The van der Waals surface area contributed by atoms with Gasteiger partial charge in [-0.15, -0.1) is 0 Å². The number of aryl methyl sites for hydroxylation is 1. The van der Waals surface area contributed by atoms with E-state index in [1.165, 1.54) is 6.92 Å². The van der Waals surface area contributed by atoms with Gasteiger partial charge in [0.15, 0.2) is 0 Å². The van der Waals surface area contributed by atoms with E-state index in [9.17, 15) is 9.90 Å². The fourth-order valence-corrected chi connectivity index (χ4v) is 3.46. The normalized spacial score (nSPS) is 15.2. The van der Waals surface area contributed by atoms with E-state index in [1.54, 1.807) is 6.07 Å². The fraction of sp³-hybridized carbons (Fsp3) is 0.591. The second-order valence-electron chi connectivity index (χ2n) is 8.61. The number of aromatic hydroxyl groups is 1. The lowest BCUT2D eigenvalue weighted by Crippen LogP contribution is -2.45. The Morgan fingerprint density at radius 3 is 2.24 bits per heavy atom. The highest BCUT2D eigenvalue weighted by atomic mass is 16.3. The van der Waals surface area contributed by atoms with Crippen molar-refractivity contribution in [1.29, 1.82) is 0 Å². The Balaban J connectivity index is 3.28. The van der Waals surface area contributed by atoms with Gasteiger partial charge in [-0.25, -0.2) is 0 Å². The Morgan fingerprint density at radius 1 is 1.24 bits per heavy atom. The van der Waals surface area contributed by atoms with Crippen LogP contribution in [0.1, 0.15) is 72.9 Å². The average Bonchev–Trinajstić information content (AvgIpc) is 2.44. The molecule has 3 heteroatoms. The van der Waals surface area contributed by atoms with Crippen LogP contribution in [-0.4, -0.2) is 11.0 Å². The van der Waals surface area contributed by atoms with Gasteiger partial charge in [0.05, 0.1) is 5.54 Å². The summed E-state index contributed by atoms with van der Waals surface area (Å²) in [6, 6.07) is 5.82. The Kier molecular flexibility index (Phi) is 6.87. The summed E-state index contributed by atoms with van der Waals surface area (Å²) in [5.74, 6) is 0.501. The quantitative estimate of drug-likeness (QED) is 0.685. The van der Waals surface area contributed by atoms with E-state index in [0.29, 0.717) is 5.75 Å². The van der Waals surface area contributed by atoms with Crippen molar-refractivity contribution >= 4 is 5.91 Å². The molecule has 25 heavy (non-hydrogen) atoms. The molecule has 3 nitrogen and oxygen atoms in total.